The Morgan fingerprint density at radius 2 is 2.11 bits per heavy atom. The Hall–Kier alpha value is -1.15. The van der Waals surface area contributed by atoms with Gasteiger partial charge < -0.3 is 10.4 Å². The molecule has 0 aliphatic rings. The third-order valence-electron chi connectivity index (χ3n) is 2.37. The van der Waals surface area contributed by atoms with Crippen molar-refractivity contribution >= 4 is 40.2 Å². The molecule has 0 aliphatic carbocycles. The van der Waals surface area contributed by atoms with E-state index >= 15 is 0 Å². The van der Waals surface area contributed by atoms with Crippen molar-refractivity contribution in [1.82, 2.24) is 4.90 Å². The summed E-state index contributed by atoms with van der Waals surface area (Å²) < 4.78 is 1.03. The molecule has 0 atom stereocenters. The van der Waals surface area contributed by atoms with E-state index in [9.17, 15) is 9.59 Å². The maximum Gasteiger partial charge on any atom is 0.317 e. The molecule has 2 N–H and O–H groups in total. The Morgan fingerprint density at radius 1 is 1.37 bits per heavy atom. The molecule has 0 radical (unpaired) electrons. The van der Waals surface area contributed by atoms with Crippen molar-refractivity contribution < 1.29 is 14.7 Å². The molecule has 0 bridgehead atoms. The highest BCUT2D eigenvalue weighted by molar-refractivity contribution is 14.1. The van der Waals surface area contributed by atoms with Crippen molar-refractivity contribution in [2.75, 3.05) is 25.0 Å². The van der Waals surface area contributed by atoms with E-state index in [2.05, 4.69) is 27.9 Å². The first-order valence-corrected chi connectivity index (χ1v) is 7.08. The van der Waals surface area contributed by atoms with E-state index < -0.39 is 5.97 Å². The molecule has 0 saturated carbocycles. The fourth-order valence-electron chi connectivity index (χ4n) is 1.69. The zero-order chi connectivity index (χ0) is 14.3. The second kappa shape index (κ2) is 8.11. The van der Waals surface area contributed by atoms with Crippen LogP contribution in [-0.4, -0.2) is 41.5 Å². The van der Waals surface area contributed by atoms with Gasteiger partial charge in [-0.3, -0.25) is 14.5 Å². The molecule has 0 aliphatic heterocycles. The first-order valence-electron chi connectivity index (χ1n) is 6.01. The molecule has 0 aromatic heterocycles. The van der Waals surface area contributed by atoms with Crippen molar-refractivity contribution in [3.63, 3.8) is 0 Å². The van der Waals surface area contributed by atoms with Crippen LogP contribution in [0, 0.1) is 3.57 Å². The number of carbonyl (C=O) groups excluding carboxylic acids is 1. The van der Waals surface area contributed by atoms with Crippen LogP contribution in [0.1, 0.15) is 13.3 Å². The number of benzene rings is 1. The van der Waals surface area contributed by atoms with Crippen LogP contribution in [0.4, 0.5) is 5.69 Å². The fourth-order valence-corrected chi connectivity index (χ4v) is 2.23. The van der Waals surface area contributed by atoms with Crippen LogP contribution in [0.2, 0.25) is 0 Å². The topological polar surface area (TPSA) is 69.6 Å². The van der Waals surface area contributed by atoms with Gasteiger partial charge in [0.15, 0.2) is 0 Å². The van der Waals surface area contributed by atoms with E-state index in [1.54, 1.807) is 11.0 Å². The summed E-state index contributed by atoms with van der Waals surface area (Å²) in [5, 5.41) is 11.5. The third kappa shape index (κ3) is 6.53. The number of carbonyl (C=O) groups is 2. The van der Waals surface area contributed by atoms with Crippen LogP contribution in [0.3, 0.4) is 0 Å². The Labute approximate surface area is 126 Å². The number of halogens is 1. The first kappa shape index (κ1) is 15.9. The Bertz CT molecular complexity index is 451. The zero-order valence-electron chi connectivity index (χ0n) is 10.7. The predicted octanol–water partition coefficient (Wildman–Crippen LogP) is 2.03. The van der Waals surface area contributed by atoms with Crippen LogP contribution < -0.4 is 5.32 Å². The molecular weight excluding hydrogens is 359 g/mol. The number of hydrogen-bond acceptors (Lipinski definition) is 3. The molecule has 5 nitrogen and oxygen atoms in total. The van der Waals surface area contributed by atoms with Crippen molar-refractivity contribution in [3.8, 4) is 0 Å². The molecule has 0 fully saturated rings. The number of nitrogens with one attached hydrogen (secondary N) is 1. The molecule has 0 spiro atoms. The van der Waals surface area contributed by atoms with E-state index in [4.69, 9.17) is 5.11 Å². The molecule has 1 amide bonds. The maximum absolute atomic E-state index is 11.8. The van der Waals surface area contributed by atoms with Crippen LogP contribution in [0.15, 0.2) is 24.3 Å². The van der Waals surface area contributed by atoms with Crippen molar-refractivity contribution in [1.29, 1.82) is 0 Å². The van der Waals surface area contributed by atoms with Gasteiger partial charge in [-0.15, -0.1) is 0 Å². The Morgan fingerprint density at radius 3 is 2.68 bits per heavy atom. The number of carboxylic acid groups (broad SMARTS) is 1. The largest absolute Gasteiger partial charge is 0.480 e. The number of aliphatic carboxylic acids is 1. The highest BCUT2D eigenvalue weighted by Crippen LogP contribution is 2.12. The normalized spacial score (nSPS) is 10.5. The van der Waals surface area contributed by atoms with Gasteiger partial charge in [-0.05, 0) is 53.8 Å². The van der Waals surface area contributed by atoms with Crippen LogP contribution in [0.25, 0.3) is 0 Å². The van der Waals surface area contributed by atoms with Gasteiger partial charge in [0.05, 0.1) is 13.1 Å². The van der Waals surface area contributed by atoms with Gasteiger partial charge in [-0.2, -0.15) is 0 Å². The average Bonchev–Trinajstić information content (AvgIpc) is 2.27. The van der Waals surface area contributed by atoms with Crippen LogP contribution in [-0.2, 0) is 9.59 Å². The lowest BCUT2D eigenvalue weighted by molar-refractivity contribution is -0.138. The second-order valence-electron chi connectivity index (χ2n) is 4.16. The predicted molar refractivity (Wildman–Crippen MR) is 82.2 cm³/mol. The smallest absolute Gasteiger partial charge is 0.317 e. The van der Waals surface area contributed by atoms with Gasteiger partial charge in [-0.1, -0.05) is 13.0 Å². The summed E-state index contributed by atoms with van der Waals surface area (Å²) in [6.07, 6.45) is 0.809. The van der Waals surface area contributed by atoms with Gasteiger partial charge in [0.25, 0.3) is 0 Å². The van der Waals surface area contributed by atoms with Gasteiger partial charge >= 0.3 is 5.97 Å². The van der Waals surface area contributed by atoms with Crippen molar-refractivity contribution in [3.05, 3.63) is 27.8 Å². The van der Waals surface area contributed by atoms with Gasteiger partial charge in [0.1, 0.15) is 0 Å². The number of nitrogens with zero attached hydrogens (tertiary/aromatic N) is 1. The van der Waals surface area contributed by atoms with Gasteiger partial charge in [0.2, 0.25) is 5.91 Å². The number of rotatable bonds is 7. The second-order valence-corrected chi connectivity index (χ2v) is 5.41. The number of amides is 1. The first-order chi connectivity index (χ1) is 9.01. The van der Waals surface area contributed by atoms with E-state index in [0.29, 0.717) is 6.54 Å². The van der Waals surface area contributed by atoms with E-state index in [0.717, 1.165) is 15.7 Å². The third-order valence-corrected chi connectivity index (χ3v) is 3.05. The summed E-state index contributed by atoms with van der Waals surface area (Å²) in [5.41, 5.74) is 0.726. The molecule has 0 unspecified atom stereocenters. The molecule has 104 valence electrons. The summed E-state index contributed by atoms with van der Waals surface area (Å²) in [6, 6.07) is 7.46. The van der Waals surface area contributed by atoms with Crippen molar-refractivity contribution in [2.45, 2.75) is 13.3 Å². The molecule has 1 rings (SSSR count). The van der Waals surface area contributed by atoms with E-state index in [1.807, 2.05) is 25.1 Å². The lowest BCUT2D eigenvalue weighted by Crippen LogP contribution is -2.37. The SMILES string of the molecule is CCCN(CC(=O)O)CC(=O)Nc1cccc(I)c1. The van der Waals surface area contributed by atoms with E-state index in [-0.39, 0.29) is 19.0 Å². The number of carboxylic acids is 1. The number of anilines is 1. The molecule has 0 saturated heterocycles. The minimum absolute atomic E-state index is 0.0889. The lowest BCUT2D eigenvalue weighted by atomic mass is 10.3. The highest BCUT2D eigenvalue weighted by Gasteiger charge is 2.13. The summed E-state index contributed by atoms with van der Waals surface area (Å²) in [7, 11) is 0. The van der Waals surface area contributed by atoms with Crippen molar-refractivity contribution in [2.24, 2.45) is 0 Å². The Balaban J connectivity index is 2.54. The quantitative estimate of drug-likeness (QED) is 0.715. The van der Waals surface area contributed by atoms with Gasteiger partial charge in [-0.25, -0.2) is 0 Å². The monoisotopic (exact) mass is 376 g/mol. The average molecular weight is 376 g/mol. The minimum Gasteiger partial charge on any atom is -0.480 e. The fraction of sp³-hybridized carbons (Fsp3) is 0.385. The number of hydrogen-bond donors (Lipinski definition) is 2. The van der Waals surface area contributed by atoms with E-state index in [1.165, 1.54) is 0 Å². The standard InChI is InChI=1S/C13H17IN2O3/c1-2-6-16(9-13(18)19)8-12(17)15-11-5-3-4-10(14)7-11/h3-5,7H,2,6,8-9H2,1H3,(H,15,17)(H,18,19). The molecule has 1 aromatic rings. The molecule has 19 heavy (non-hydrogen) atoms. The minimum atomic E-state index is -0.921. The summed E-state index contributed by atoms with van der Waals surface area (Å²) in [6.45, 7) is 2.51. The lowest BCUT2D eigenvalue weighted by Gasteiger charge is -2.18. The summed E-state index contributed by atoms with van der Waals surface area (Å²) in [4.78, 5) is 24.2. The Kier molecular flexibility index (Phi) is 6.79. The summed E-state index contributed by atoms with van der Waals surface area (Å²) in [5.74, 6) is -1.12. The molecule has 1 aromatic carbocycles. The molecule has 0 heterocycles. The molecule has 6 heteroatoms. The van der Waals surface area contributed by atoms with Crippen LogP contribution >= 0.6 is 22.6 Å². The van der Waals surface area contributed by atoms with Crippen LogP contribution in [0.5, 0.6) is 0 Å². The maximum atomic E-state index is 11.8. The zero-order valence-corrected chi connectivity index (χ0v) is 12.9. The summed E-state index contributed by atoms with van der Waals surface area (Å²) >= 11 is 2.17. The van der Waals surface area contributed by atoms with Gasteiger partial charge in [0, 0.05) is 9.26 Å². The highest BCUT2D eigenvalue weighted by atomic mass is 127. The molecular formula is C13H17IN2O3.